The van der Waals surface area contributed by atoms with Gasteiger partial charge in [-0.15, -0.1) is 0 Å². The van der Waals surface area contributed by atoms with E-state index in [2.05, 4.69) is 35.1 Å². The third-order valence-corrected chi connectivity index (χ3v) is 3.37. The first-order valence-corrected chi connectivity index (χ1v) is 7.15. The van der Waals surface area contributed by atoms with Crippen molar-refractivity contribution in [3.05, 3.63) is 34.6 Å². The van der Waals surface area contributed by atoms with Crippen LogP contribution < -0.4 is 5.32 Å². The number of halogens is 3. The first kappa shape index (κ1) is 15.4. The molecule has 1 amide bonds. The highest BCUT2D eigenvalue weighted by Crippen LogP contribution is 2.20. The maximum atomic E-state index is 13.0. The second-order valence-corrected chi connectivity index (χ2v) is 6.11. The summed E-state index contributed by atoms with van der Waals surface area (Å²) in [5.41, 5.74) is 0.388. The fraction of sp³-hybridized carbons (Fsp3) is 0.462. The largest absolute Gasteiger partial charge is 0.352 e. The summed E-state index contributed by atoms with van der Waals surface area (Å²) in [4.78, 5) is 11.9. The fourth-order valence-electron chi connectivity index (χ4n) is 1.40. The van der Waals surface area contributed by atoms with Crippen LogP contribution in [0, 0.1) is 11.2 Å². The lowest BCUT2D eigenvalue weighted by atomic mass is 9.90. The molecule has 2 nitrogen and oxygen atoms in total. The van der Waals surface area contributed by atoms with E-state index in [-0.39, 0.29) is 16.3 Å². The SMILES string of the molecule is CC(C)(CCBr)CNC(=O)c1ccc(F)c(Cl)c1. The number of amides is 1. The van der Waals surface area contributed by atoms with Gasteiger partial charge in [-0.2, -0.15) is 0 Å². The Morgan fingerprint density at radius 1 is 1.50 bits per heavy atom. The summed E-state index contributed by atoms with van der Waals surface area (Å²) in [6.45, 7) is 4.71. The van der Waals surface area contributed by atoms with E-state index in [0.717, 1.165) is 11.8 Å². The number of carbonyl (C=O) groups is 1. The van der Waals surface area contributed by atoms with E-state index in [4.69, 9.17) is 11.6 Å². The molecule has 1 rings (SSSR count). The number of hydrogen-bond donors (Lipinski definition) is 1. The van der Waals surface area contributed by atoms with Gasteiger partial charge in [0.05, 0.1) is 5.02 Å². The molecule has 0 unspecified atom stereocenters. The average molecular weight is 337 g/mol. The van der Waals surface area contributed by atoms with Crippen molar-refractivity contribution in [3.63, 3.8) is 0 Å². The van der Waals surface area contributed by atoms with Crippen LogP contribution in [0.1, 0.15) is 30.6 Å². The quantitative estimate of drug-likeness (QED) is 0.808. The Bertz CT molecular complexity index is 437. The van der Waals surface area contributed by atoms with E-state index in [9.17, 15) is 9.18 Å². The van der Waals surface area contributed by atoms with E-state index in [1.165, 1.54) is 18.2 Å². The zero-order chi connectivity index (χ0) is 13.8. The van der Waals surface area contributed by atoms with Crippen LogP contribution in [0.4, 0.5) is 4.39 Å². The van der Waals surface area contributed by atoms with Crippen molar-refractivity contribution in [1.29, 1.82) is 0 Å². The van der Waals surface area contributed by atoms with E-state index >= 15 is 0 Å². The van der Waals surface area contributed by atoms with Crippen molar-refractivity contribution in [2.75, 3.05) is 11.9 Å². The first-order chi connectivity index (χ1) is 8.35. The van der Waals surface area contributed by atoms with Gasteiger partial charge < -0.3 is 5.32 Å². The lowest BCUT2D eigenvalue weighted by molar-refractivity contribution is 0.0936. The van der Waals surface area contributed by atoms with Gasteiger partial charge in [-0.1, -0.05) is 41.4 Å². The van der Waals surface area contributed by atoms with Gasteiger partial charge in [-0.05, 0) is 30.0 Å². The third-order valence-electron chi connectivity index (χ3n) is 2.68. The maximum Gasteiger partial charge on any atom is 0.251 e. The minimum absolute atomic E-state index is 0.0169. The lowest BCUT2D eigenvalue weighted by Gasteiger charge is -2.23. The molecule has 1 aromatic carbocycles. The van der Waals surface area contributed by atoms with Crippen LogP contribution >= 0.6 is 27.5 Å². The highest BCUT2D eigenvalue weighted by molar-refractivity contribution is 9.09. The van der Waals surface area contributed by atoms with Gasteiger partial charge in [-0.3, -0.25) is 4.79 Å². The summed E-state index contributed by atoms with van der Waals surface area (Å²) in [6, 6.07) is 3.96. The Morgan fingerprint density at radius 3 is 2.72 bits per heavy atom. The average Bonchev–Trinajstić information content (AvgIpc) is 2.30. The molecule has 5 heteroatoms. The first-order valence-electron chi connectivity index (χ1n) is 5.65. The zero-order valence-corrected chi connectivity index (χ0v) is 12.7. The highest BCUT2D eigenvalue weighted by atomic mass is 79.9. The molecular weight excluding hydrogens is 321 g/mol. The summed E-state index contributed by atoms with van der Waals surface area (Å²) >= 11 is 9.02. The Morgan fingerprint density at radius 2 is 2.17 bits per heavy atom. The molecule has 0 saturated carbocycles. The van der Waals surface area contributed by atoms with Gasteiger partial charge in [-0.25, -0.2) is 4.39 Å². The number of carbonyl (C=O) groups excluding carboxylic acids is 1. The fourth-order valence-corrected chi connectivity index (χ4v) is 2.66. The summed E-state index contributed by atoms with van der Waals surface area (Å²) in [6.07, 6.45) is 0.956. The molecule has 0 aliphatic carbocycles. The Hall–Kier alpha value is -0.610. The second-order valence-electron chi connectivity index (χ2n) is 4.91. The van der Waals surface area contributed by atoms with Gasteiger partial charge in [0.15, 0.2) is 0 Å². The molecule has 0 heterocycles. The number of benzene rings is 1. The van der Waals surface area contributed by atoms with E-state index in [1.807, 2.05) is 0 Å². The Balaban J connectivity index is 2.63. The zero-order valence-electron chi connectivity index (χ0n) is 10.4. The number of hydrogen-bond acceptors (Lipinski definition) is 1. The van der Waals surface area contributed by atoms with E-state index in [0.29, 0.717) is 12.1 Å². The molecule has 1 N–H and O–H groups in total. The van der Waals surface area contributed by atoms with Crippen LogP contribution in [-0.4, -0.2) is 17.8 Å². The summed E-state index contributed by atoms with van der Waals surface area (Å²) in [5.74, 6) is -0.757. The van der Waals surface area contributed by atoms with Crippen molar-refractivity contribution in [3.8, 4) is 0 Å². The molecule has 0 saturated heterocycles. The van der Waals surface area contributed by atoms with Gasteiger partial charge >= 0.3 is 0 Å². The molecule has 1 aromatic rings. The van der Waals surface area contributed by atoms with Crippen molar-refractivity contribution in [2.24, 2.45) is 5.41 Å². The predicted molar refractivity (Wildman–Crippen MR) is 75.9 cm³/mol. The van der Waals surface area contributed by atoms with Crippen LogP contribution in [0.5, 0.6) is 0 Å². The van der Waals surface area contributed by atoms with Crippen LogP contribution in [0.25, 0.3) is 0 Å². The number of alkyl halides is 1. The summed E-state index contributed by atoms with van der Waals surface area (Å²) in [7, 11) is 0. The molecular formula is C13H16BrClFNO. The van der Waals surface area contributed by atoms with Crippen molar-refractivity contribution < 1.29 is 9.18 Å². The number of rotatable bonds is 5. The van der Waals surface area contributed by atoms with E-state index < -0.39 is 5.82 Å². The molecule has 0 spiro atoms. The molecule has 100 valence electrons. The minimum atomic E-state index is -0.521. The topological polar surface area (TPSA) is 29.1 Å². The molecule has 0 radical (unpaired) electrons. The van der Waals surface area contributed by atoms with Gasteiger partial charge in [0.25, 0.3) is 5.91 Å². The van der Waals surface area contributed by atoms with Gasteiger partial charge in [0, 0.05) is 17.4 Å². The molecule has 0 aliphatic heterocycles. The standard InChI is InChI=1S/C13H16BrClFNO/c1-13(2,5-6-14)8-17-12(18)9-3-4-11(16)10(15)7-9/h3-4,7H,5-6,8H2,1-2H3,(H,17,18). The molecule has 0 aromatic heterocycles. The molecule has 0 atom stereocenters. The molecule has 0 fully saturated rings. The van der Waals surface area contributed by atoms with Crippen molar-refractivity contribution in [1.82, 2.24) is 5.32 Å². The highest BCUT2D eigenvalue weighted by Gasteiger charge is 2.18. The number of nitrogens with one attached hydrogen (secondary N) is 1. The summed E-state index contributed by atoms with van der Waals surface area (Å²) < 4.78 is 13.0. The van der Waals surface area contributed by atoms with Gasteiger partial charge in [0.2, 0.25) is 0 Å². The van der Waals surface area contributed by atoms with Crippen molar-refractivity contribution in [2.45, 2.75) is 20.3 Å². The smallest absolute Gasteiger partial charge is 0.251 e. The third kappa shape index (κ3) is 4.58. The second kappa shape index (κ2) is 6.53. The minimum Gasteiger partial charge on any atom is -0.352 e. The van der Waals surface area contributed by atoms with Crippen molar-refractivity contribution >= 4 is 33.4 Å². The molecule has 18 heavy (non-hydrogen) atoms. The molecule has 0 bridgehead atoms. The Kier molecular flexibility index (Phi) is 5.60. The summed E-state index contributed by atoms with van der Waals surface area (Å²) in [5, 5.41) is 3.68. The van der Waals surface area contributed by atoms with Gasteiger partial charge in [0.1, 0.15) is 5.82 Å². The maximum absolute atomic E-state index is 13.0. The van der Waals surface area contributed by atoms with Crippen LogP contribution in [0.2, 0.25) is 5.02 Å². The predicted octanol–water partition coefficient (Wildman–Crippen LogP) is 4.02. The lowest BCUT2D eigenvalue weighted by Crippen LogP contribution is -2.34. The van der Waals surface area contributed by atoms with Crippen LogP contribution in [-0.2, 0) is 0 Å². The van der Waals surface area contributed by atoms with Crippen LogP contribution in [0.3, 0.4) is 0 Å². The monoisotopic (exact) mass is 335 g/mol. The normalized spacial score (nSPS) is 11.4. The molecule has 0 aliphatic rings. The Labute approximate surface area is 120 Å². The van der Waals surface area contributed by atoms with Crippen LogP contribution in [0.15, 0.2) is 18.2 Å². The van der Waals surface area contributed by atoms with E-state index in [1.54, 1.807) is 0 Å².